The summed E-state index contributed by atoms with van der Waals surface area (Å²) in [5.41, 5.74) is -0.580. The minimum Gasteiger partial charge on any atom is -0.384 e. The van der Waals surface area contributed by atoms with Gasteiger partial charge in [-0.25, -0.2) is 4.68 Å². The molecule has 0 aliphatic heterocycles. The van der Waals surface area contributed by atoms with Gasteiger partial charge in [-0.2, -0.15) is 0 Å². The average Bonchev–Trinajstić information content (AvgIpc) is 2.77. The van der Waals surface area contributed by atoms with Gasteiger partial charge in [-0.05, 0) is 27.2 Å². The smallest absolute Gasteiger partial charge is 0.242 e. The van der Waals surface area contributed by atoms with Gasteiger partial charge < -0.3 is 10.4 Å². The Morgan fingerprint density at radius 2 is 2.20 bits per heavy atom. The maximum atomic E-state index is 11.9. The molecule has 0 saturated carbocycles. The molecular formula is C14H26N4O2. The fourth-order valence-electron chi connectivity index (χ4n) is 1.90. The van der Waals surface area contributed by atoms with Crippen molar-refractivity contribution in [2.75, 3.05) is 0 Å². The number of carbonyl (C=O) groups is 1. The lowest BCUT2D eigenvalue weighted by molar-refractivity contribution is -0.122. The van der Waals surface area contributed by atoms with E-state index in [2.05, 4.69) is 22.6 Å². The molecule has 0 bridgehead atoms. The highest BCUT2D eigenvalue weighted by molar-refractivity contribution is 5.75. The van der Waals surface area contributed by atoms with Crippen LogP contribution >= 0.6 is 0 Å². The zero-order chi connectivity index (χ0) is 15.2. The molecule has 1 aromatic heterocycles. The van der Waals surface area contributed by atoms with Crippen LogP contribution in [-0.4, -0.2) is 32.0 Å². The molecule has 6 nitrogen and oxygen atoms in total. The molecule has 0 aliphatic rings. The van der Waals surface area contributed by atoms with Gasteiger partial charge in [-0.15, -0.1) is 5.10 Å². The Morgan fingerprint density at radius 3 is 2.75 bits per heavy atom. The first kappa shape index (κ1) is 16.6. The lowest BCUT2D eigenvalue weighted by Crippen LogP contribution is -2.35. The average molecular weight is 282 g/mol. The second-order valence-electron chi connectivity index (χ2n) is 5.82. The zero-order valence-corrected chi connectivity index (χ0v) is 12.9. The Balaban J connectivity index is 2.40. The molecule has 1 atom stereocenters. The molecule has 1 rings (SSSR count). The van der Waals surface area contributed by atoms with Crippen molar-refractivity contribution in [3.8, 4) is 0 Å². The second-order valence-corrected chi connectivity index (χ2v) is 5.82. The van der Waals surface area contributed by atoms with Crippen LogP contribution < -0.4 is 5.32 Å². The summed E-state index contributed by atoms with van der Waals surface area (Å²) in [6.45, 7) is 7.57. The number of nitrogens with zero attached hydrogens (tertiary/aromatic N) is 3. The number of hydrogen-bond acceptors (Lipinski definition) is 4. The molecule has 0 aromatic carbocycles. The van der Waals surface area contributed by atoms with E-state index in [0.29, 0.717) is 5.69 Å². The molecular weight excluding hydrogens is 256 g/mol. The number of rotatable bonds is 8. The Labute approximate surface area is 120 Å². The van der Waals surface area contributed by atoms with E-state index in [4.69, 9.17) is 0 Å². The molecule has 1 heterocycles. The first-order chi connectivity index (χ1) is 9.32. The van der Waals surface area contributed by atoms with E-state index >= 15 is 0 Å². The van der Waals surface area contributed by atoms with Crippen molar-refractivity contribution >= 4 is 5.91 Å². The van der Waals surface area contributed by atoms with Crippen molar-refractivity contribution in [2.24, 2.45) is 0 Å². The Kier molecular flexibility index (Phi) is 6.13. The van der Waals surface area contributed by atoms with Gasteiger partial charge in [0.25, 0.3) is 0 Å². The van der Waals surface area contributed by atoms with Gasteiger partial charge in [-0.3, -0.25) is 4.79 Å². The Morgan fingerprint density at radius 1 is 1.50 bits per heavy atom. The largest absolute Gasteiger partial charge is 0.384 e. The Bertz CT molecular complexity index is 423. The summed E-state index contributed by atoms with van der Waals surface area (Å²) >= 11 is 0. The molecule has 0 radical (unpaired) electrons. The lowest BCUT2D eigenvalue weighted by Gasteiger charge is -2.13. The van der Waals surface area contributed by atoms with E-state index in [1.165, 1.54) is 17.5 Å². The summed E-state index contributed by atoms with van der Waals surface area (Å²) in [5.74, 6) is -0.0822. The maximum absolute atomic E-state index is 11.9. The fraction of sp³-hybridized carbons (Fsp3) is 0.786. The molecule has 0 spiro atoms. The summed E-state index contributed by atoms with van der Waals surface area (Å²) in [7, 11) is 0. The quantitative estimate of drug-likeness (QED) is 0.710. The number of amides is 1. The van der Waals surface area contributed by atoms with E-state index in [1.807, 2.05) is 6.92 Å². The van der Waals surface area contributed by atoms with Crippen LogP contribution in [0.25, 0.3) is 0 Å². The van der Waals surface area contributed by atoms with Crippen molar-refractivity contribution in [2.45, 2.75) is 71.6 Å². The summed E-state index contributed by atoms with van der Waals surface area (Å²) in [6.07, 6.45) is 6.09. The third kappa shape index (κ3) is 5.69. The Hall–Kier alpha value is -1.43. The standard InChI is InChI=1S/C14H26N4O2/c1-5-6-7-8-11(2)15-13(19)10-18-9-12(16-17-18)14(3,4)20/h9,11,20H,5-8,10H2,1-4H3,(H,15,19). The maximum Gasteiger partial charge on any atom is 0.242 e. The number of unbranched alkanes of at least 4 members (excludes halogenated alkanes) is 2. The normalized spacial score (nSPS) is 13.2. The molecule has 20 heavy (non-hydrogen) atoms. The molecule has 2 N–H and O–H groups in total. The van der Waals surface area contributed by atoms with Crippen LogP contribution in [0, 0.1) is 0 Å². The van der Waals surface area contributed by atoms with Gasteiger partial charge in [-0.1, -0.05) is 31.4 Å². The number of nitrogens with one attached hydrogen (secondary N) is 1. The molecule has 1 aromatic rings. The van der Waals surface area contributed by atoms with Crippen molar-refractivity contribution in [3.05, 3.63) is 11.9 Å². The second kappa shape index (κ2) is 7.38. The summed E-state index contributed by atoms with van der Waals surface area (Å²) in [6, 6.07) is 0.173. The van der Waals surface area contributed by atoms with E-state index in [-0.39, 0.29) is 18.5 Å². The van der Waals surface area contributed by atoms with Crippen LogP contribution in [0.4, 0.5) is 0 Å². The van der Waals surface area contributed by atoms with E-state index in [1.54, 1.807) is 20.0 Å². The first-order valence-corrected chi connectivity index (χ1v) is 7.25. The highest BCUT2D eigenvalue weighted by atomic mass is 16.3. The van der Waals surface area contributed by atoms with Crippen LogP contribution in [0.1, 0.15) is 59.1 Å². The number of carbonyl (C=O) groups excluding carboxylic acids is 1. The van der Waals surface area contributed by atoms with Gasteiger partial charge in [0, 0.05) is 6.04 Å². The van der Waals surface area contributed by atoms with Crippen LogP contribution in [0.3, 0.4) is 0 Å². The predicted molar refractivity (Wildman–Crippen MR) is 77.0 cm³/mol. The molecule has 1 unspecified atom stereocenters. The summed E-state index contributed by atoms with van der Waals surface area (Å²) in [5, 5.41) is 20.4. The minimum atomic E-state index is -1.04. The van der Waals surface area contributed by atoms with Crippen LogP contribution in [0.15, 0.2) is 6.20 Å². The van der Waals surface area contributed by atoms with Gasteiger partial charge in [0.2, 0.25) is 5.91 Å². The number of aromatic nitrogens is 3. The molecule has 0 fully saturated rings. The summed E-state index contributed by atoms with van der Waals surface area (Å²) in [4.78, 5) is 11.9. The molecule has 6 heteroatoms. The zero-order valence-electron chi connectivity index (χ0n) is 12.9. The number of aliphatic hydroxyl groups is 1. The minimum absolute atomic E-state index is 0.0822. The molecule has 0 aliphatic carbocycles. The highest BCUT2D eigenvalue weighted by Gasteiger charge is 2.20. The number of hydrogen-bond donors (Lipinski definition) is 2. The van der Waals surface area contributed by atoms with Crippen LogP contribution in [0.2, 0.25) is 0 Å². The van der Waals surface area contributed by atoms with Crippen molar-refractivity contribution < 1.29 is 9.90 Å². The van der Waals surface area contributed by atoms with Gasteiger partial charge in [0.1, 0.15) is 17.8 Å². The van der Waals surface area contributed by atoms with Gasteiger partial charge in [0.05, 0.1) is 6.20 Å². The SMILES string of the molecule is CCCCCC(C)NC(=O)Cn1cc(C(C)(C)O)nn1. The first-order valence-electron chi connectivity index (χ1n) is 7.25. The van der Waals surface area contributed by atoms with E-state index < -0.39 is 5.60 Å². The third-order valence-electron chi connectivity index (χ3n) is 3.12. The topological polar surface area (TPSA) is 80.0 Å². The van der Waals surface area contributed by atoms with Crippen LogP contribution in [-0.2, 0) is 16.9 Å². The van der Waals surface area contributed by atoms with E-state index in [9.17, 15) is 9.90 Å². The fourth-order valence-corrected chi connectivity index (χ4v) is 1.90. The monoisotopic (exact) mass is 282 g/mol. The third-order valence-corrected chi connectivity index (χ3v) is 3.12. The molecule has 0 saturated heterocycles. The van der Waals surface area contributed by atoms with Crippen molar-refractivity contribution in [1.82, 2.24) is 20.3 Å². The highest BCUT2D eigenvalue weighted by Crippen LogP contribution is 2.15. The predicted octanol–water partition coefficient (Wildman–Crippen LogP) is 1.59. The lowest BCUT2D eigenvalue weighted by atomic mass is 10.1. The van der Waals surface area contributed by atoms with Crippen molar-refractivity contribution in [3.63, 3.8) is 0 Å². The van der Waals surface area contributed by atoms with Crippen molar-refractivity contribution in [1.29, 1.82) is 0 Å². The van der Waals surface area contributed by atoms with Crippen LogP contribution in [0.5, 0.6) is 0 Å². The van der Waals surface area contributed by atoms with Gasteiger partial charge >= 0.3 is 0 Å². The van der Waals surface area contributed by atoms with Gasteiger partial charge in [0.15, 0.2) is 0 Å². The summed E-state index contributed by atoms with van der Waals surface area (Å²) < 4.78 is 1.45. The van der Waals surface area contributed by atoms with E-state index in [0.717, 1.165) is 12.8 Å². The molecule has 1 amide bonds. The molecule has 114 valence electrons.